The monoisotopic (exact) mass is 357 g/mol. The van der Waals surface area contributed by atoms with Crippen LogP contribution in [0, 0.1) is 12.7 Å². The zero-order valence-electron chi connectivity index (χ0n) is 12.2. The van der Waals surface area contributed by atoms with Crippen molar-refractivity contribution in [3.8, 4) is 0 Å². The van der Waals surface area contributed by atoms with Crippen molar-refractivity contribution in [1.82, 2.24) is 14.9 Å². The summed E-state index contributed by atoms with van der Waals surface area (Å²) in [7, 11) is 0. The van der Waals surface area contributed by atoms with Gasteiger partial charge in [-0.15, -0.1) is 10.2 Å². The molecule has 0 unspecified atom stereocenters. The number of aromatic nitrogens is 3. The van der Waals surface area contributed by atoms with E-state index in [2.05, 4.69) is 15.5 Å². The van der Waals surface area contributed by atoms with Crippen molar-refractivity contribution < 1.29 is 9.18 Å². The fraction of sp³-hybridized carbons (Fsp3) is 0.231. The van der Waals surface area contributed by atoms with Crippen LogP contribution in [0.5, 0.6) is 0 Å². The number of carbonyl (C=O) groups excluding carboxylic acids is 1. The average Bonchev–Trinajstić information content (AvgIpc) is 2.50. The fourth-order valence-electron chi connectivity index (χ4n) is 1.59. The van der Waals surface area contributed by atoms with E-state index in [1.54, 1.807) is 6.92 Å². The maximum atomic E-state index is 13.0. The van der Waals surface area contributed by atoms with E-state index in [0.717, 1.165) is 22.5 Å². The Bertz CT molecular complexity index is 813. The van der Waals surface area contributed by atoms with Crippen LogP contribution in [0.2, 0.25) is 5.02 Å². The largest absolute Gasteiger partial charge is 0.334 e. The number of halogens is 2. The van der Waals surface area contributed by atoms with Crippen molar-refractivity contribution in [2.75, 3.05) is 11.2 Å². The summed E-state index contributed by atoms with van der Waals surface area (Å²) < 4.78 is 13.8. The first kappa shape index (κ1) is 17.2. The molecule has 3 N–H and O–H groups in total. The summed E-state index contributed by atoms with van der Waals surface area (Å²) >= 11 is 6.82. The second-order valence-corrected chi connectivity index (χ2v) is 6.33. The molecular weight excluding hydrogens is 345 g/mol. The van der Waals surface area contributed by atoms with Crippen LogP contribution < -0.4 is 16.7 Å². The van der Waals surface area contributed by atoms with Gasteiger partial charge in [-0.2, -0.15) is 4.68 Å². The Balaban J connectivity index is 2.11. The highest BCUT2D eigenvalue weighted by Gasteiger charge is 2.19. The molecule has 2 aromatic rings. The molecule has 0 fully saturated rings. The van der Waals surface area contributed by atoms with Gasteiger partial charge in [0.2, 0.25) is 11.1 Å². The highest BCUT2D eigenvalue weighted by molar-refractivity contribution is 8.00. The number of nitrogens with two attached hydrogens (primary N) is 1. The number of nitrogen functional groups attached to an aromatic ring is 1. The summed E-state index contributed by atoms with van der Waals surface area (Å²) in [4.78, 5) is 23.8. The van der Waals surface area contributed by atoms with E-state index in [1.807, 2.05) is 0 Å². The number of carbonyl (C=O) groups is 1. The van der Waals surface area contributed by atoms with E-state index in [4.69, 9.17) is 17.4 Å². The summed E-state index contributed by atoms with van der Waals surface area (Å²) in [6.45, 7) is 3.09. The molecule has 2 rings (SSSR count). The Morgan fingerprint density at radius 1 is 1.48 bits per heavy atom. The topological polar surface area (TPSA) is 103 Å². The van der Waals surface area contributed by atoms with Crippen molar-refractivity contribution in [3.63, 3.8) is 0 Å². The molecule has 0 aliphatic heterocycles. The van der Waals surface area contributed by atoms with Gasteiger partial charge in [-0.25, -0.2) is 4.39 Å². The van der Waals surface area contributed by atoms with Crippen LogP contribution in [0.15, 0.2) is 28.2 Å². The van der Waals surface area contributed by atoms with E-state index in [0.29, 0.717) is 0 Å². The van der Waals surface area contributed by atoms with Crippen LogP contribution in [-0.2, 0) is 4.79 Å². The SMILES string of the molecule is Cc1nnc(S[C@@H](C)C(=O)Nc2ccc(F)cc2Cl)n(N)c1=O. The summed E-state index contributed by atoms with van der Waals surface area (Å²) in [5, 5.41) is 9.59. The lowest BCUT2D eigenvalue weighted by Gasteiger charge is -2.13. The molecule has 0 radical (unpaired) electrons. The first-order valence-corrected chi connectivity index (χ1v) is 7.69. The van der Waals surface area contributed by atoms with Crippen LogP contribution in [0.3, 0.4) is 0 Å². The number of nitrogens with zero attached hydrogens (tertiary/aromatic N) is 3. The molecule has 0 saturated heterocycles. The molecule has 0 saturated carbocycles. The lowest BCUT2D eigenvalue weighted by Crippen LogP contribution is -2.33. The number of benzene rings is 1. The molecule has 0 bridgehead atoms. The first-order chi connectivity index (χ1) is 10.8. The number of hydrogen-bond acceptors (Lipinski definition) is 6. The number of thioether (sulfide) groups is 1. The van der Waals surface area contributed by atoms with E-state index >= 15 is 0 Å². The minimum absolute atomic E-state index is 0.0846. The summed E-state index contributed by atoms with van der Waals surface area (Å²) in [5.74, 6) is 4.70. The van der Waals surface area contributed by atoms with Crippen molar-refractivity contribution in [3.05, 3.63) is 45.1 Å². The third-order valence-electron chi connectivity index (χ3n) is 2.86. The molecule has 122 valence electrons. The number of rotatable bonds is 4. The Labute approximate surface area is 140 Å². The number of aryl methyl sites for hydroxylation is 1. The molecule has 0 spiro atoms. The van der Waals surface area contributed by atoms with Gasteiger partial charge in [-0.1, -0.05) is 23.4 Å². The number of nitrogens with one attached hydrogen (secondary N) is 1. The molecular formula is C13H13ClFN5O2S. The molecule has 1 heterocycles. The lowest BCUT2D eigenvalue weighted by atomic mass is 10.3. The van der Waals surface area contributed by atoms with Gasteiger partial charge in [0.15, 0.2) is 0 Å². The number of anilines is 1. The second kappa shape index (κ2) is 6.97. The van der Waals surface area contributed by atoms with E-state index in [1.165, 1.54) is 19.1 Å². The smallest absolute Gasteiger partial charge is 0.294 e. The van der Waals surface area contributed by atoms with Gasteiger partial charge in [0.05, 0.1) is 16.0 Å². The van der Waals surface area contributed by atoms with Crippen molar-refractivity contribution >= 4 is 35.0 Å². The van der Waals surface area contributed by atoms with Crippen LogP contribution >= 0.6 is 23.4 Å². The molecule has 10 heteroatoms. The van der Waals surface area contributed by atoms with Gasteiger partial charge < -0.3 is 11.2 Å². The van der Waals surface area contributed by atoms with Crippen LogP contribution in [-0.4, -0.2) is 26.0 Å². The fourth-order valence-corrected chi connectivity index (χ4v) is 2.57. The summed E-state index contributed by atoms with van der Waals surface area (Å²) in [5.41, 5.74) is -0.0469. The van der Waals surface area contributed by atoms with Gasteiger partial charge in [0.1, 0.15) is 11.5 Å². The van der Waals surface area contributed by atoms with Gasteiger partial charge in [-0.3, -0.25) is 9.59 Å². The van der Waals surface area contributed by atoms with Crippen molar-refractivity contribution in [2.24, 2.45) is 0 Å². The highest BCUT2D eigenvalue weighted by Crippen LogP contribution is 2.25. The summed E-state index contributed by atoms with van der Waals surface area (Å²) in [6, 6.07) is 3.64. The zero-order chi connectivity index (χ0) is 17.1. The Morgan fingerprint density at radius 3 is 2.83 bits per heavy atom. The van der Waals surface area contributed by atoms with Gasteiger partial charge in [-0.05, 0) is 32.0 Å². The van der Waals surface area contributed by atoms with Gasteiger partial charge in [0.25, 0.3) is 5.56 Å². The van der Waals surface area contributed by atoms with E-state index in [-0.39, 0.29) is 21.6 Å². The van der Waals surface area contributed by atoms with Crippen LogP contribution in [0.1, 0.15) is 12.6 Å². The lowest BCUT2D eigenvalue weighted by molar-refractivity contribution is -0.115. The Morgan fingerprint density at radius 2 is 2.17 bits per heavy atom. The molecule has 0 aliphatic carbocycles. The second-order valence-electron chi connectivity index (χ2n) is 4.62. The predicted molar refractivity (Wildman–Crippen MR) is 86.5 cm³/mol. The molecule has 1 atom stereocenters. The predicted octanol–water partition coefficient (Wildman–Crippen LogP) is 1.57. The highest BCUT2D eigenvalue weighted by atomic mass is 35.5. The van der Waals surface area contributed by atoms with Crippen molar-refractivity contribution in [1.29, 1.82) is 0 Å². The van der Waals surface area contributed by atoms with Crippen LogP contribution in [0.4, 0.5) is 10.1 Å². The minimum Gasteiger partial charge on any atom is -0.334 e. The van der Waals surface area contributed by atoms with E-state index < -0.39 is 22.5 Å². The third kappa shape index (κ3) is 3.99. The molecule has 0 aliphatic rings. The van der Waals surface area contributed by atoms with Gasteiger partial charge in [0, 0.05) is 0 Å². The maximum Gasteiger partial charge on any atom is 0.294 e. The number of amides is 1. The third-order valence-corrected chi connectivity index (χ3v) is 4.23. The minimum atomic E-state index is -0.637. The Kier molecular flexibility index (Phi) is 5.22. The quantitative estimate of drug-likeness (QED) is 0.636. The normalized spacial score (nSPS) is 12.0. The van der Waals surface area contributed by atoms with Gasteiger partial charge >= 0.3 is 0 Å². The number of hydrogen-bond donors (Lipinski definition) is 2. The molecule has 1 aromatic heterocycles. The standard InChI is InChI=1S/C13H13ClFN5O2S/c1-6-12(22)20(16)13(19-18-6)23-7(2)11(21)17-10-4-3-8(15)5-9(10)14/h3-5,7H,16H2,1-2H3,(H,17,21)/t7-/m0/s1. The first-order valence-electron chi connectivity index (χ1n) is 6.43. The molecule has 1 amide bonds. The maximum absolute atomic E-state index is 13.0. The molecule has 23 heavy (non-hydrogen) atoms. The molecule has 7 nitrogen and oxygen atoms in total. The van der Waals surface area contributed by atoms with Crippen LogP contribution in [0.25, 0.3) is 0 Å². The molecule has 1 aromatic carbocycles. The zero-order valence-corrected chi connectivity index (χ0v) is 13.8. The average molecular weight is 358 g/mol. The summed E-state index contributed by atoms with van der Waals surface area (Å²) in [6.07, 6.45) is 0. The van der Waals surface area contributed by atoms with Crippen molar-refractivity contribution in [2.45, 2.75) is 24.3 Å². The van der Waals surface area contributed by atoms with E-state index in [9.17, 15) is 14.0 Å². The Hall–Kier alpha value is -2.13.